The second-order valence-electron chi connectivity index (χ2n) is 7.33. The van der Waals surface area contributed by atoms with Gasteiger partial charge in [-0.15, -0.1) is 5.10 Å². The highest BCUT2D eigenvalue weighted by Gasteiger charge is 2.11. The number of hydrogen-bond donors (Lipinski definition) is 1. The summed E-state index contributed by atoms with van der Waals surface area (Å²) in [7, 11) is 0. The molecule has 0 radical (unpaired) electrons. The number of amides is 1. The van der Waals surface area contributed by atoms with Gasteiger partial charge in [-0.25, -0.2) is 4.98 Å². The molecule has 0 bridgehead atoms. The number of carbonyl (C=O) groups excluding carboxylic acids is 1. The largest absolute Gasteiger partial charge is 0.417 e. The zero-order valence-electron chi connectivity index (χ0n) is 16.9. The lowest BCUT2D eigenvalue weighted by Gasteiger charge is -2.07. The molecule has 0 aliphatic rings. The maximum absolute atomic E-state index is 12.5. The van der Waals surface area contributed by atoms with Crippen LogP contribution in [-0.4, -0.2) is 20.5 Å². The van der Waals surface area contributed by atoms with E-state index in [4.69, 9.17) is 4.42 Å². The molecule has 1 N–H and O–H groups in total. The molecule has 0 fully saturated rings. The van der Waals surface area contributed by atoms with Gasteiger partial charge in [-0.2, -0.15) is 4.52 Å². The third kappa shape index (κ3) is 3.96. The van der Waals surface area contributed by atoms with Gasteiger partial charge in [0, 0.05) is 11.3 Å². The molecule has 0 aliphatic carbocycles. The Kier molecular flexibility index (Phi) is 4.80. The first kappa shape index (κ1) is 18.8. The molecule has 152 valence electrons. The summed E-state index contributed by atoms with van der Waals surface area (Å²) in [6.07, 6.45) is 1.96. The lowest BCUT2D eigenvalue weighted by molar-refractivity contribution is -0.115. The number of hydrogen-bond acceptors (Lipinski definition) is 4. The SMILES string of the molecule is Cc1ncc2oc(-c3ccc(NC(=O)Cc4ccc(-c5ccccc5)cc4)cc3)nn12. The Labute approximate surface area is 179 Å². The molecule has 2 aromatic heterocycles. The van der Waals surface area contributed by atoms with Crippen LogP contribution >= 0.6 is 0 Å². The van der Waals surface area contributed by atoms with Crippen LogP contribution in [0.4, 0.5) is 5.69 Å². The van der Waals surface area contributed by atoms with Crippen LogP contribution in [0, 0.1) is 6.92 Å². The number of carbonyl (C=O) groups is 1. The van der Waals surface area contributed by atoms with E-state index in [1.807, 2.05) is 73.7 Å². The van der Waals surface area contributed by atoms with Crippen LogP contribution in [0.5, 0.6) is 0 Å². The van der Waals surface area contributed by atoms with Gasteiger partial charge >= 0.3 is 0 Å². The molecule has 1 amide bonds. The minimum Gasteiger partial charge on any atom is -0.417 e. The van der Waals surface area contributed by atoms with E-state index in [2.05, 4.69) is 27.5 Å². The van der Waals surface area contributed by atoms with Crippen molar-refractivity contribution in [3.05, 3.63) is 96.4 Å². The molecule has 3 aromatic carbocycles. The molecule has 0 saturated heterocycles. The summed E-state index contributed by atoms with van der Waals surface area (Å²) in [5.41, 5.74) is 5.42. The van der Waals surface area contributed by atoms with Crippen LogP contribution in [0.25, 0.3) is 28.3 Å². The first-order valence-electron chi connectivity index (χ1n) is 10.0. The van der Waals surface area contributed by atoms with Gasteiger partial charge in [0.15, 0.2) is 0 Å². The first-order valence-corrected chi connectivity index (χ1v) is 10.0. The monoisotopic (exact) mass is 408 g/mol. The fourth-order valence-corrected chi connectivity index (χ4v) is 3.47. The highest BCUT2D eigenvalue weighted by Crippen LogP contribution is 2.23. The van der Waals surface area contributed by atoms with Gasteiger partial charge in [-0.05, 0) is 47.9 Å². The number of anilines is 1. The number of benzene rings is 3. The zero-order chi connectivity index (χ0) is 21.2. The molecule has 0 spiro atoms. The Balaban J connectivity index is 1.23. The molecule has 0 saturated carbocycles. The number of rotatable bonds is 5. The molecule has 0 atom stereocenters. The fourth-order valence-electron chi connectivity index (χ4n) is 3.47. The predicted molar refractivity (Wildman–Crippen MR) is 120 cm³/mol. The zero-order valence-corrected chi connectivity index (χ0v) is 16.9. The average Bonchev–Trinajstić information content (AvgIpc) is 3.37. The quantitative estimate of drug-likeness (QED) is 0.437. The van der Waals surface area contributed by atoms with Crippen LogP contribution in [0.2, 0.25) is 0 Å². The van der Waals surface area contributed by atoms with Gasteiger partial charge in [0.2, 0.25) is 17.5 Å². The molecule has 6 heteroatoms. The van der Waals surface area contributed by atoms with Gasteiger partial charge in [-0.3, -0.25) is 4.79 Å². The molecule has 0 aliphatic heterocycles. The summed E-state index contributed by atoms with van der Waals surface area (Å²) in [6, 6.07) is 25.7. The van der Waals surface area contributed by atoms with Gasteiger partial charge in [0.1, 0.15) is 5.82 Å². The summed E-state index contributed by atoms with van der Waals surface area (Å²) in [6.45, 7) is 1.87. The Morgan fingerprint density at radius 2 is 1.58 bits per heavy atom. The number of imidazole rings is 1. The van der Waals surface area contributed by atoms with Crippen molar-refractivity contribution in [2.75, 3.05) is 5.32 Å². The third-order valence-electron chi connectivity index (χ3n) is 5.11. The summed E-state index contributed by atoms with van der Waals surface area (Å²) in [5.74, 6) is 1.22. The maximum atomic E-state index is 12.5. The van der Waals surface area contributed by atoms with Crippen molar-refractivity contribution >= 4 is 17.3 Å². The molecule has 31 heavy (non-hydrogen) atoms. The van der Waals surface area contributed by atoms with E-state index in [1.54, 1.807) is 10.7 Å². The maximum Gasteiger partial charge on any atom is 0.246 e. The highest BCUT2D eigenvalue weighted by atomic mass is 16.4. The van der Waals surface area contributed by atoms with Crippen molar-refractivity contribution < 1.29 is 9.21 Å². The molecule has 0 unspecified atom stereocenters. The lowest BCUT2D eigenvalue weighted by Crippen LogP contribution is -2.14. The van der Waals surface area contributed by atoms with Gasteiger partial charge in [0.25, 0.3) is 0 Å². The van der Waals surface area contributed by atoms with Gasteiger partial charge in [-0.1, -0.05) is 54.6 Å². The van der Waals surface area contributed by atoms with Crippen molar-refractivity contribution in [1.29, 1.82) is 0 Å². The van der Waals surface area contributed by atoms with Crippen molar-refractivity contribution in [2.45, 2.75) is 13.3 Å². The van der Waals surface area contributed by atoms with Gasteiger partial charge < -0.3 is 9.73 Å². The van der Waals surface area contributed by atoms with E-state index in [0.29, 0.717) is 18.0 Å². The summed E-state index contributed by atoms with van der Waals surface area (Å²) < 4.78 is 7.38. The van der Waals surface area contributed by atoms with E-state index in [1.165, 1.54) is 0 Å². The molecule has 2 heterocycles. The summed E-state index contributed by atoms with van der Waals surface area (Å²) in [4.78, 5) is 16.6. The third-order valence-corrected chi connectivity index (χ3v) is 5.11. The van der Waals surface area contributed by atoms with Crippen LogP contribution < -0.4 is 5.32 Å². The lowest BCUT2D eigenvalue weighted by atomic mass is 10.0. The van der Waals surface area contributed by atoms with Crippen molar-refractivity contribution in [3.8, 4) is 22.6 Å². The minimum absolute atomic E-state index is 0.0627. The van der Waals surface area contributed by atoms with Crippen LogP contribution in [0.1, 0.15) is 11.4 Å². The molecule has 5 aromatic rings. The average molecular weight is 408 g/mol. The standard InChI is InChI=1S/C25H20N4O2/c1-17-26-16-24-29(17)28-25(31-24)21-11-13-22(14-12-21)27-23(30)15-18-7-9-20(10-8-18)19-5-3-2-4-6-19/h2-14,16H,15H2,1H3,(H,27,30). The Morgan fingerprint density at radius 1 is 0.903 bits per heavy atom. The highest BCUT2D eigenvalue weighted by molar-refractivity contribution is 5.92. The van der Waals surface area contributed by atoms with Crippen molar-refractivity contribution in [3.63, 3.8) is 0 Å². The molecule has 6 nitrogen and oxygen atoms in total. The number of aromatic nitrogens is 3. The number of fused-ring (bicyclic) bond motifs is 1. The topological polar surface area (TPSA) is 72.4 Å². The van der Waals surface area contributed by atoms with Crippen molar-refractivity contribution in [2.24, 2.45) is 0 Å². The van der Waals surface area contributed by atoms with E-state index in [0.717, 1.165) is 33.8 Å². The Hall–Kier alpha value is -4.19. The number of nitrogens with zero attached hydrogens (tertiary/aromatic N) is 3. The molecule has 5 rings (SSSR count). The van der Waals surface area contributed by atoms with E-state index in [9.17, 15) is 4.79 Å². The second kappa shape index (κ2) is 7.91. The molecular weight excluding hydrogens is 388 g/mol. The minimum atomic E-state index is -0.0627. The first-order chi connectivity index (χ1) is 15.2. The smallest absolute Gasteiger partial charge is 0.246 e. The van der Waals surface area contributed by atoms with Crippen LogP contribution in [0.15, 0.2) is 89.5 Å². The van der Waals surface area contributed by atoms with Gasteiger partial charge in [0.05, 0.1) is 12.6 Å². The second-order valence-corrected chi connectivity index (χ2v) is 7.33. The van der Waals surface area contributed by atoms with E-state index >= 15 is 0 Å². The van der Waals surface area contributed by atoms with E-state index in [-0.39, 0.29) is 5.91 Å². The fraction of sp³-hybridized carbons (Fsp3) is 0.0800. The predicted octanol–water partition coefficient (Wildman–Crippen LogP) is 5.15. The number of aryl methyl sites for hydroxylation is 1. The summed E-state index contributed by atoms with van der Waals surface area (Å²) in [5, 5.41) is 7.36. The Bertz CT molecular complexity index is 1330. The van der Waals surface area contributed by atoms with Crippen molar-refractivity contribution in [1.82, 2.24) is 14.6 Å². The van der Waals surface area contributed by atoms with Crippen LogP contribution in [-0.2, 0) is 11.2 Å². The Morgan fingerprint density at radius 3 is 2.29 bits per heavy atom. The van der Waals surface area contributed by atoms with Crippen LogP contribution in [0.3, 0.4) is 0 Å². The molecular formula is C25H20N4O2. The van der Waals surface area contributed by atoms with E-state index < -0.39 is 0 Å². The number of nitrogens with one attached hydrogen (secondary N) is 1. The normalized spacial score (nSPS) is 11.0. The summed E-state index contributed by atoms with van der Waals surface area (Å²) >= 11 is 0.